The lowest BCUT2D eigenvalue weighted by atomic mass is 10.1. The molecule has 0 atom stereocenters. The molecule has 0 aliphatic heterocycles. The molecule has 1 rings (SSSR count). The van der Waals surface area contributed by atoms with Crippen LogP contribution in [0.25, 0.3) is 0 Å². The third kappa shape index (κ3) is 3.17. The zero-order valence-electron chi connectivity index (χ0n) is 8.94. The number of carboxylic acids is 1. The van der Waals surface area contributed by atoms with E-state index in [0.29, 0.717) is 6.61 Å². The van der Waals surface area contributed by atoms with Crippen molar-refractivity contribution >= 4 is 5.97 Å². The van der Waals surface area contributed by atoms with Crippen LogP contribution in [0.5, 0.6) is 0 Å². The molecule has 0 unspecified atom stereocenters. The van der Waals surface area contributed by atoms with Gasteiger partial charge in [0.15, 0.2) is 0 Å². The van der Waals surface area contributed by atoms with Gasteiger partial charge in [0.2, 0.25) is 0 Å². The van der Waals surface area contributed by atoms with Crippen LogP contribution in [0.15, 0.2) is 30.4 Å². The van der Waals surface area contributed by atoms with E-state index in [-0.39, 0.29) is 17.7 Å². The van der Waals surface area contributed by atoms with E-state index in [1.54, 1.807) is 6.08 Å². The van der Waals surface area contributed by atoms with Crippen molar-refractivity contribution in [2.45, 2.75) is 13.5 Å². The Kier molecular flexibility index (Phi) is 4.66. The van der Waals surface area contributed by atoms with Gasteiger partial charge < -0.3 is 9.84 Å². The highest BCUT2D eigenvalue weighted by Crippen LogP contribution is 2.13. The molecule has 0 fully saturated rings. The van der Waals surface area contributed by atoms with Gasteiger partial charge in [-0.2, -0.15) is 0 Å². The molecular weight excluding hydrogens is 211 g/mol. The summed E-state index contributed by atoms with van der Waals surface area (Å²) in [6.07, 6.45) is 3.61. The van der Waals surface area contributed by atoms with Gasteiger partial charge in [-0.3, -0.25) is 0 Å². The fourth-order valence-corrected chi connectivity index (χ4v) is 1.19. The minimum absolute atomic E-state index is 0.0668. The van der Waals surface area contributed by atoms with Gasteiger partial charge in [-0.25, -0.2) is 9.18 Å². The largest absolute Gasteiger partial charge is 0.478 e. The molecule has 16 heavy (non-hydrogen) atoms. The fourth-order valence-electron chi connectivity index (χ4n) is 1.19. The molecule has 0 amide bonds. The number of benzene rings is 1. The number of aromatic carboxylic acids is 1. The van der Waals surface area contributed by atoms with Gasteiger partial charge in [0.05, 0.1) is 18.8 Å². The summed E-state index contributed by atoms with van der Waals surface area (Å²) in [6, 6.07) is 4.24. The zero-order chi connectivity index (χ0) is 12.0. The highest BCUT2D eigenvalue weighted by Gasteiger charge is 2.13. The van der Waals surface area contributed by atoms with Gasteiger partial charge in [-0.15, -0.1) is 0 Å². The maximum absolute atomic E-state index is 13.6. The molecule has 4 heteroatoms. The molecule has 1 aromatic rings. The lowest BCUT2D eigenvalue weighted by Crippen LogP contribution is -2.04. The van der Waals surface area contributed by atoms with E-state index < -0.39 is 11.8 Å². The third-order valence-corrected chi connectivity index (χ3v) is 2.02. The van der Waals surface area contributed by atoms with Crippen LogP contribution in [0.4, 0.5) is 4.39 Å². The van der Waals surface area contributed by atoms with Crippen molar-refractivity contribution in [2.24, 2.45) is 0 Å². The van der Waals surface area contributed by atoms with Gasteiger partial charge in [0.25, 0.3) is 0 Å². The first-order valence-electron chi connectivity index (χ1n) is 4.86. The van der Waals surface area contributed by atoms with Crippen molar-refractivity contribution in [1.82, 2.24) is 0 Å². The maximum Gasteiger partial charge on any atom is 0.338 e. The molecule has 1 aromatic carbocycles. The first-order valence-corrected chi connectivity index (χ1v) is 4.86. The lowest BCUT2D eigenvalue weighted by molar-refractivity contribution is 0.0690. The molecule has 0 bridgehead atoms. The van der Waals surface area contributed by atoms with Crippen LogP contribution < -0.4 is 0 Å². The predicted molar refractivity (Wildman–Crippen MR) is 57.8 cm³/mol. The van der Waals surface area contributed by atoms with Crippen LogP contribution in [0, 0.1) is 5.82 Å². The molecule has 1 N–H and O–H groups in total. The highest BCUT2D eigenvalue weighted by atomic mass is 19.1. The second-order valence-electron chi connectivity index (χ2n) is 3.17. The van der Waals surface area contributed by atoms with Crippen molar-refractivity contribution in [2.75, 3.05) is 6.61 Å². The summed E-state index contributed by atoms with van der Waals surface area (Å²) in [5, 5.41) is 8.71. The number of carbonyl (C=O) groups is 1. The Morgan fingerprint density at radius 1 is 1.56 bits per heavy atom. The number of halogens is 1. The topological polar surface area (TPSA) is 46.5 Å². The molecule has 0 aliphatic rings. The zero-order valence-corrected chi connectivity index (χ0v) is 8.94. The Balaban J connectivity index is 2.73. The van der Waals surface area contributed by atoms with Crippen molar-refractivity contribution in [3.05, 3.63) is 47.3 Å². The van der Waals surface area contributed by atoms with Gasteiger partial charge in [-0.1, -0.05) is 24.3 Å². The Morgan fingerprint density at radius 2 is 2.31 bits per heavy atom. The molecule has 3 nitrogen and oxygen atoms in total. The van der Waals surface area contributed by atoms with Crippen molar-refractivity contribution in [3.63, 3.8) is 0 Å². The molecule has 0 aliphatic carbocycles. The first-order chi connectivity index (χ1) is 7.66. The first kappa shape index (κ1) is 12.4. The van der Waals surface area contributed by atoms with E-state index in [1.165, 1.54) is 18.2 Å². The van der Waals surface area contributed by atoms with E-state index in [4.69, 9.17) is 9.84 Å². The van der Waals surface area contributed by atoms with E-state index in [0.717, 1.165) is 0 Å². The SMILES string of the molecule is C/C=C/COCc1cccc(C(=O)O)c1F. The summed E-state index contributed by atoms with van der Waals surface area (Å²) in [7, 11) is 0. The highest BCUT2D eigenvalue weighted by molar-refractivity contribution is 5.88. The Morgan fingerprint density at radius 3 is 2.94 bits per heavy atom. The van der Waals surface area contributed by atoms with Crippen LogP contribution in [-0.2, 0) is 11.3 Å². The third-order valence-electron chi connectivity index (χ3n) is 2.02. The standard InChI is InChI=1S/C12H13FO3/c1-2-3-7-16-8-9-5-4-6-10(11(9)13)12(14)15/h2-6H,7-8H2,1H3,(H,14,15)/b3-2+. The second kappa shape index (κ2) is 6.02. The average Bonchev–Trinajstić information content (AvgIpc) is 2.26. The predicted octanol–water partition coefficient (Wildman–Crippen LogP) is 2.62. The fraction of sp³-hybridized carbons (Fsp3) is 0.250. The van der Waals surface area contributed by atoms with Crippen molar-refractivity contribution < 1.29 is 19.0 Å². The van der Waals surface area contributed by atoms with E-state index in [1.807, 2.05) is 13.0 Å². The number of allylic oxidation sites excluding steroid dienone is 1. The van der Waals surface area contributed by atoms with Gasteiger partial charge in [-0.05, 0) is 13.0 Å². The summed E-state index contributed by atoms with van der Waals surface area (Å²) >= 11 is 0. The second-order valence-corrected chi connectivity index (χ2v) is 3.17. The normalized spacial score (nSPS) is 10.9. The Labute approximate surface area is 93.2 Å². The molecule has 0 spiro atoms. The van der Waals surface area contributed by atoms with Gasteiger partial charge in [0, 0.05) is 5.56 Å². The lowest BCUT2D eigenvalue weighted by Gasteiger charge is -2.05. The monoisotopic (exact) mass is 224 g/mol. The van der Waals surface area contributed by atoms with Crippen LogP contribution in [0.1, 0.15) is 22.8 Å². The number of hydrogen-bond acceptors (Lipinski definition) is 2. The molecule has 0 heterocycles. The summed E-state index contributed by atoms with van der Waals surface area (Å²) in [5.74, 6) is -2.00. The van der Waals surface area contributed by atoms with E-state index in [9.17, 15) is 9.18 Å². The number of rotatable bonds is 5. The van der Waals surface area contributed by atoms with E-state index in [2.05, 4.69) is 0 Å². The Hall–Kier alpha value is -1.68. The molecule has 0 saturated carbocycles. The van der Waals surface area contributed by atoms with Gasteiger partial charge in [0.1, 0.15) is 5.82 Å². The average molecular weight is 224 g/mol. The van der Waals surface area contributed by atoms with Gasteiger partial charge >= 0.3 is 5.97 Å². The molecule has 0 saturated heterocycles. The van der Waals surface area contributed by atoms with Crippen LogP contribution in [0.3, 0.4) is 0 Å². The quantitative estimate of drug-likeness (QED) is 0.617. The van der Waals surface area contributed by atoms with E-state index >= 15 is 0 Å². The molecule has 0 aromatic heterocycles. The van der Waals surface area contributed by atoms with Crippen molar-refractivity contribution in [1.29, 1.82) is 0 Å². The number of carboxylic acid groups (broad SMARTS) is 1. The maximum atomic E-state index is 13.6. The summed E-state index contributed by atoms with van der Waals surface area (Å²) in [6.45, 7) is 2.31. The minimum atomic E-state index is -1.27. The summed E-state index contributed by atoms with van der Waals surface area (Å²) in [4.78, 5) is 10.7. The Bertz CT molecular complexity index is 399. The van der Waals surface area contributed by atoms with Crippen LogP contribution in [-0.4, -0.2) is 17.7 Å². The van der Waals surface area contributed by atoms with Crippen LogP contribution >= 0.6 is 0 Å². The minimum Gasteiger partial charge on any atom is -0.478 e. The molecule has 0 radical (unpaired) electrons. The summed E-state index contributed by atoms with van der Waals surface area (Å²) < 4.78 is 18.7. The molecular formula is C12H13FO3. The van der Waals surface area contributed by atoms with Crippen LogP contribution in [0.2, 0.25) is 0 Å². The molecule has 86 valence electrons. The van der Waals surface area contributed by atoms with Crippen molar-refractivity contribution in [3.8, 4) is 0 Å². The number of hydrogen-bond donors (Lipinski definition) is 1. The smallest absolute Gasteiger partial charge is 0.338 e. The number of ether oxygens (including phenoxy) is 1. The summed E-state index contributed by atoms with van der Waals surface area (Å²) in [5.41, 5.74) is -0.0727.